The standard InChI is InChI=1S/C27H23FN6O3/c1-33-24-23(25(35)31-27(33)36)34(16-19-7-11-21(28)12-8-19)26(30-24)32-29-15-18-9-13-22(14-10-18)37-17-20-5-3-2-4-6-20/h2-15H,16-17H2,1H3,(H,30,32)(H,31,35,36)/b29-15+. The van der Waals surface area contributed by atoms with Crippen LogP contribution in [0.15, 0.2) is 93.6 Å². The molecular formula is C27H23FN6O3. The quantitative estimate of drug-likeness (QED) is 0.251. The molecule has 186 valence electrons. The van der Waals surface area contributed by atoms with Crippen LogP contribution in [0.25, 0.3) is 11.2 Å². The van der Waals surface area contributed by atoms with Crippen molar-refractivity contribution in [2.75, 3.05) is 5.43 Å². The minimum Gasteiger partial charge on any atom is -0.489 e. The number of H-pyrrole nitrogens is 1. The summed E-state index contributed by atoms with van der Waals surface area (Å²) < 4.78 is 22.0. The van der Waals surface area contributed by atoms with Crippen LogP contribution in [0.2, 0.25) is 0 Å². The lowest BCUT2D eigenvalue weighted by Crippen LogP contribution is -2.29. The molecule has 0 aliphatic heterocycles. The number of hydrogen-bond donors (Lipinski definition) is 2. The highest BCUT2D eigenvalue weighted by molar-refractivity contribution is 5.80. The van der Waals surface area contributed by atoms with E-state index >= 15 is 0 Å². The number of ether oxygens (including phenoxy) is 1. The van der Waals surface area contributed by atoms with Gasteiger partial charge >= 0.3 is 5.69 Å². The van der Waals surface area contributed by atoms with Gasteiger partial charge in [-0.25, -0.2) is 14.6 Å². The first kappa shape index (κ1) is 23.7. The maximum Gasteiger partial charge on any atom is 0.329 e. The second-order valence-electron chi connectivity index (χ2n) is 8.35. The third-order valence-electron chi connectivity index (χ3n) is 5.77. The minimum atomic E-state index is -0.575. The molecule has 10 heteroatoms. The highest BCUT2D eigenvalue weighted by atomic mass is 19.1. The third-order valence-corrected chi connectivity index (χ3v) is 5.77. The van der Waals surface area contributed by atoms with E-state index in [2.05, 4.69) is 20.5 Å². The van der Waals surface area contributed by atoms with Crippen LogP contribution in [-0.4, -0.2) is 25.3 Å². The summed E-state index contributed by atoms with van der Waals surface area (Å²) in [5.74, 6) is 0.624. The first-order valence-electron chi connectivity index (χ1n) is 11.5. The van der Waals surface area contributed by atoms with Gasteiger partial charge < -0.3 is 4.74 Å². The van der Waals surface area contributed by atoms with Crippen molar-refractivity contribution < 1.29 is 9.13 Å². The first-order chi connectivity index (χ1) is 18.0. The molecule has 0 atom stereocenters. The van der Waals surface area contributed by atoms with Crippen LogP contribution in [0, 0.1) is 5.82 Å². The Morgan fingerprint density at radius 3 is 2.46 bits per heavy atom. The third kappa shape index (κ3) is 5.32. The van der Waals surface area contributed by atoms with Crippen LogP contribution in [0.3, 0.4) is 0 Å². The number of benzene rings is 3. The molecule has 0 spiro atoms. The Balaban J connectivity index is 1.36. The molecule has 2 N–H and O–H groups in total. The summed E-state index contributed by atoms with van der Waals surface area (Å²) in [6.07, 6.45) is 1.60. The van der Waals surface area contributed by atoms with E-state index in [1.165, 1.54) is 23.7 Å². The Bertz CT molecular complexity index is 1670. The molecular weight excluding hydrogens is 475 g/mol. The second-order valence-corrected chi connectivity index (χ2v) is 8.35. The van der Waals surface area contributed by atoms with E-state index in [0.717, 1.165) is 22.4 Å². The van der Waals surface area contributed by atoms with Gasteiger partial charge in [-0.3, -0.25) is 18.9 Å². The van der Waals surface area contributed by atoms with Gasteiger partial charge in [-0.15, -0.1) is 0 Å². The molecule has 0 saturated heterocycles. The van der Waals surface area contributed by atoms with E-state index in [-0.39, 0.29) is 29.5 Å². The zero-order valence-electron chi connectivity index (χ0n) is 19.9. The Hall–Kier alpha value is -4.99. The molecule has 0 aliphatic carbocycles. The fraction of sp³-hybridized carbons (Fsp3) is 0.111. The van der Waals surface area contributed by atoms with Crippen LogP contribution in [-0.2, 0) is 20.2 Å². The maximum atomic E-state index is 13.4. The molecule has 0 saturated carbocycles. The number of rotatable bonds is 8. The molecule has 5 aromatic rings. The van der Waals surface area contributed by atoms with Crippen molar-refractivity contribution in [2.24, 2.45) is 12.1 Å². The SMILES string of the molecule is Cn1c(=O)[nH]c(=O)c2c1nc(N/N=C/c1ccc(OCc3ccccc3)cc1)n2Cc1ccc(F)cc1. The van der Waals surface area contributed by atoms with Gasteiger partial charge in [0.2, 0.25) is 5.95 Å². The van der Waals surface area contributed by atoms with Gasteiger partial charge in [0, 0.05) is 7.05 Å². The minimum absolute atomic E-state index is 0.198. The lowest BCUT2D eigenvalue weighted by atomic mass is 10.2. The molecule has 0 bridgehead atoms. The molecule has 0 aliphatic rings. The van der Waals surface area contributed by atoms with E-state index in [4.69, 9.17) is 4.74 Å². The van der Waals surface area contributed by atoms with Crippen molar-refractivity contribution in [3.63, 3.8) is 0 Å². The molecule has 5 rings (SSSR count). The van der Waals surface area contributed by atoms with E-state index in [1.807, 2.05) is 54.6 Å². The number of fused-ring (bicyclic) bond motifs is 1. The van der Waals surface area contributed by atoms with Gasteiger partial charge in [0.25, 0.3) is 5.56 Å². The largest absolute Gasteiger partial charge is 0.489 e. The average Bonchev–Trinajstić information content (AvgIpc) is 3.27. The molecule has 2 aromatic heterocycles. The average molecular weight is 499 g/mol. The topological polar surface area (TPSA) is 106 Å². The van der Waals surface area contributed by atoms with Gasteiger partial charge in [0.15, 0.2) is 11.2 Å². The van der Waals surface area contributed by atoms with Gasteiger partial charge in [-0.05, 0) is 53.1 Å². The fourth-order valence-corrected chi connectivity index (χ4v) is 3.80. The normalized spacial score (nSPS) is 11.3. The summed E-state index contributed by atoms with van der Waals surface area (Å²) in [5, 5.41) is 4.27. The monoisotopic (exact) mass is 498 g/mol. The van der Waals surface area contributed by atoms with Crippen molar-refractivity contribution in [1.29, 1.82) is 0 Å². The lowest BCUT2D eigenvalue weighted by molar-refractivity contribution is 0.306. The number of aromatic nitrogens is 4. The van der Waals surface area contributed by atoms with Gasteiger partial charge in [-0.1, -0.05) is 42.5 Å². The molecule has 0 fully saturated rings. The van der Waals surface area contributed by atoms with Crippen molar-refractivity contribution >= 4 is 23.3 Å². The molecule has 0 radical (unpaired) electrons. The number of aromatic amines is 1. The summed E-state index contributed by atoms with van der Waals surface area (Å²) in [4.78, 5) is 31.4. The van der Waals surface area contributed by atoms with Crippen molar-refractivity contribution in [3.8, 4) is 5.75 Å². The summed E-state index contributed by atoms with van der Waals surface area (Å²) >= 11 is 0. The number of imidazole rings is 1. The number of anilines is 1. The number of hydrazone groups is 1. The van der Waals surface area contributed by atoms with Crippen LogP contribution in [0.4, 0.5) is 10.3 Å². The van der Waals surface area contributed by atoms with E-state index in [0.29, 0.717) is 6.61 Å². The Labute approximate surface area is 210 Å². The molecule has 9 nitrogen and oxygen atoms in total. The zero-order chi connectivity index (χ0) is 25.8. The zero-order valence-corrected chi connectivity index (χ0v) is 19.9. The summed E-state index contributed by atoms with van der Waals surface area (Å²) in [5.41, 5.74) is 4.75. The number of nitrogens with one attached hydrogen (secondary N) is 2. The maximum absolute atomic E-state index is 13.4. The van der Waals surface area contributed by atoms with Gasteiger partial charge in [-0.2, -0.15) is 10.1 Å². The van der Waals surface area contributed by atoms with Crippen LogP contribution >= 0.6 is 0 Å². The number of aryl methyl sites for hydroxylation is 1. The predicted molar refractivity (Wildman–Crippen MR) is 140 cm³/mol. The first-order valence-corrected chi connectivity index (χ1v) is 11.5. The van der Waals surface area contributed by atoms with E-state index < -0.39 is 11.2 Å². The summed E-state index contributed by atoms with van der Waals surface area (Å²) in [7, 11) is 1.52. The van der Waals surface area contributed by atoms with Gasteiger partial charge in [0.05, 0.1) is 12.8 Å². The number of hydrogen-bond acceptors (Lipinski definition) is 6. The summed E-state index contributed by atoms with van der Waals surface area (Å²) in [6.45, 7) is 0.686. The molecule has 0 amide bonds. The van der Waals surface area contributed by atoms with E-state index in [1.54, 1.807) is 22.9 Å². The van der Waals surface area contributed by atoms with Crippen LogP contribution in [0.5, 0.6) is 5.75 Å². The lowest BCUT2D eigenvalue weighted by Gasteiger charge is -2.08. The number of halogens is 1. The molecule has 3 aromatic carbocycles. The van der Waals surface area contributed by atoms with Crippen LogP contribution < -0.4 is 21.4 Å². The fourth-order valence-electron chi connectivity index (χ4n) is 3.80. The molecule has 0 unspecified atom stereocenters. The predicted octanol–water partition coefficient (Wildman–Crippen LogP) is 3.64. The van der Waals surface area contributed by atoms with Crippen LogP contribution in [0.1, 0.15) is 16.7 Å². The molecule has 37 heavy (non-hydrogen) atoms. The van der Waals surface area contributed by atoms with E-state index in [9.17, 15) is 14.0 Å². The Kier molecular flexibility index (Phi) is 6.62. The second kappa shape index (κ2) is 10.3. The Morgan fingerprint density at radius 2 is 1.73 bits per heavy atom. The smallest absolute Gasteiger partial charge is 0.329 e. The summed E-state index contributed by atoms with van der Waals surface area (Å²) in [6, 6.07) is 23.2. The van der Waals surface area contributed by atoms with Crippen molar-refractivity contribution in [2.45, 2.75) is 13.2 Å². The molecule has 2 heterocycles. The van der Waals surface area contributed by atoms with Gasteiger partial charge in [0.1, 0.15) is 18.2 Å². The highest BCUT2D eigenvalue weighted by Gasteiger charge is 2.17. The Morgan fingerprint density at radius 1 is 1.00 bits per heavy atom. The number of nitrogens with zero attached hydrogens (tertiary/aromatic N) is 4. The van der Waals surface area contributed by atoms with Crippen molar-refractivity contribution in [3.05, 3.63) is 122 Å². The van der Waals surface area contributed by atoms with Crippen molar-refractivity contribution in [1.82, 2.24) is 19.1 Å². The highest BCUT2D eigenvalue weighted by Crippen LogP contribution is 2.18.